The molecule has 1 N–H and O–H groups in total. The predicted molar refractivity (Wildman–Crippen MR) is 139 cm³/mol. The summed E-state index contributed by atoms with van der Waals surface area (Å²) in [6, 6.07) is 13.3. The maximum Gasteiger partial charge on any atom is 0.410 e. The Morgan fingerprint density at radius 2 is 1.81 bits per heavy atom. The van der Waals surface area contributed by atoms with E-state index >= 15 is 0 Å². The number of piperidine rings is 1. The number of hydrogen-bond donors (Lipinski definition) is 1. The number of nitrogens with zero attached hydrogens (tertiary/aromatic N) is 3. The van der Waals surface area contributed by atoms with Gasteiger partial charge in [-0.05, 0) is 83.0 Å². The molecule has 196 valence electrons. The van der Waals surface area contributed by atoms with Gasteiger partial charge in [-0.2, -0.15) is 5.10 Å². The number of carbonyl (C=O) groups excluding carboxylic acids is 2. The average molecular weight is 509 g/mol. The van der Waals surface area contributed by atoms with Crippen LogP contribution in [0.1, 0.15) is 62.5 Å². The second-order valence-electron chi connectivity index (χ2n) is 9.99. The summed E-state index contributed by atoms with van der Waals surface area (Å²) in [5, 5.41) is 7.40. The van der Waals surface area contributed by atoms with Gasteiger partial charge in [0.25, 0.3) is 5.91 Å². The van der Waals surface area contributed by atoms with Crippen molar-refractivity contribution in [2.45, 2.75) is 52.1 Å². The van der Waals surface area contributed by atoms with E-state index in [9.17, 15) is 14.0 Å². The molecular weight excluding hydrogens is 475 g/mol. The first-order valence-corrected chi connectivity index (χ1v) is 12.5. The van der Waals surface area contributed by atoms with E-state index in [1.807, 2.05) is 27.7 Å². The third-order valence-corrected chi connectivity index (χ3v) is 6.06. The minimum absolute atomic E-state index is 0.0643. The summed E-state index contributed by atoms with van der Waals surface area (Å²) in [5.41, 5.74) is 1.69. The molecule has 2 heterocycles. The fourth-order valence-corrected chi connectivity index (χ4v) is 4.40. The van der Waals surface area contributed by atoms with Gasteiger partial charge in [-0.3, -0.25) is 4.79 Å². The first kappa shape index (κ1) is 26.2. The van der Waals surface area contributed by atoms with Crippen LogP contribution in [0.15, 0.2) is 54.7 Å². The molecule has 1 aliphatic heterocycles. The quantitative estimate of drug-likeness (QED) is 0.456. The monoisotopic (exact) mass is 508 g/mol. The van der Waals surface area contributed by atoms with Crippen LogP contribution in [-0.2, 0) is 4.74 Å². The third-order valence-electron chi connectivity index (χ3n) is 6.06. The Hall–Kier alpha value is -3.88. The van der Waals surface area contributed by atoms with E-state index in [-0.39, 0.29) is 23.7 Å². The highest BCUT2D eigenvalue weighted by molar-refractivity contribution is 6.05. The number of likely N-dealkylation sites (tertiary alicyclic amines) is 1. The second kappa shape index (κ2) is 11.0. The Kier molecular flexibility index (Phi) is 7.80. The minimum atomic E-state index is -0.573. The zero-order valence-corrected chi connectivity index (χ0v) is 21.7. The summed E-state index contributed by atoms with van der Waals surface area (Å²) in [7, 11) is 0. The van der Waals surface area contributed by atoms with Gasteiger partial charge in [0, 0.05) is 24.7 Å². The predicted octanol–water partition coefficient (Wildman–Crippen LogP) is 5.78. The molecule has 0 aliphatic carbocycles. The molecule has 9 heteroatoms. The Balaban J connectivity index is 1.59. The Labute approximate surface area is 216 Å². The van der Waals surface area contributed by atoms with Crippen molar-refractivity contribution in [1.29, 1.82) is 0 Å². The van der Waals surface area contributed by atoms with E-state index < -0.39 is 5.60 Å². The second-order valence-corrected chi connectivity index (χ2v) is 9.99. The zero-order valence-electron chi connectivity index (χ0n) is 21.7. The SMILES string of the molecule is CCOc1ccc(NC(=O)c2cnn(-c3cccc(F)c3)c2C2CCN(C(=O)OC(C)(C)C)CC2)cc1. The Morgan fingerprint density at radius 1 is 1.11 bits per heavy atom. The molecule has 3 aromatic rings. The average Bonchev–Trinajstić information content (AvgIpc) is 3.30. The van der Waals surface area contributed by atoms with Gasteiger partial charge in [0.2, 0.25) is 0 Å². The Morgan fingerprint density at radius 3 is 2.43 bits per heavy atom. The van der Waals surface area contributed by atoms with Gasteiger partial charge < -0.3 is 19.7 Å². The molecule has 0 radical (unpaired) electrons. The largest absolute Gasteiger partial charge is 0.494 e. The van der Waals surface area contributed by atoms with Crippen molar-refractivity contribution in [2.75, 3.05) is 25.0 Å². The molecule has 1 aliphatic rings. The van der Waals surface area contributed by atoms with Crippen LogP contribution >= 0.6 is 0 Å². The first-order valence-electron chi connectivity index (χ1n) is 12.5. The normalized spacial score (nSPS) is 14.4. The number of anilines is 1. The van der Waals surface area contributed by atoms with Gasteiger partial charge in [-0.1, -0.05) is 6.07 Å². The summed E-state index contributed by atoms with van der Waals surface area (Å²) in [6.07, 6.45) is 2.40. The summed E-state index contributed by atoms with van der Waals surface area (Å²) >= 11 is 0. The fourth-order valence-electron chi connectivity index (χ4n) is 4.40. The van der Waals surface area contributed by atoms with Crippen LogP contribution in [0.4, 0.5) is 14.9 Å². The molecule has 37 heavy (non-hydrogen) atoms. The molecule has 2 amide bonds. The highest BCUT2D eigenvalue weighted by Gasteiger charge is 2.32. The topological polar surface area (TPSA) is 85.7 Å². The highest BCUT2D eigenvalue weighted by Crippen LogP contribution is 2.33. The summed E-state index contributed by atoms with van der Waals surface area (Å²) in [4.78, 5) is 27.6. The van der Waals surface area contributed by atoms with Crippen molar-refractivity contribution >= 4 is 17.7 Å². The van der Waals surface area contributed by atoms with Crippen LogP contribution in [0.3, 0.4) is 0 Å². The van der Waals surface area contributed by atoms with Gasteiger partial charge in [-0.25, -0.2) is 13.9 Å². The number of halogens is 1. The molecular formula is C28H33FN4O4. The minimum Gasteiger partial charge on any atom is -0.494 e. The fraction of sp³-hybridized carbons (Fsp3) is 0.393. The number of carbonyl (C=O) groups is 2. The Bertz CT molecular complexity index is 1240. The van der Waals surface area contributed by atoms with Crippen LogP contribution in [0, 0.1) is 5.82 Å². The molecule has 1 aromatic heterocycles. The molecule has 8 nitrogen and oxygen atoms in total. The van der Waals surface area contributed by atoms with Crippen LogP contribution in [0.5, 0.6) is 5.75 Å². The lowest BCUT2D eigenvalue weighted by Crippen LogP contribution is -2.41. The van der Waals surface area contributed by atoms with Crippen molar-refractivity contribution in [3.05, 3.63) is 71.8 Å². The van der Waals surface area contributed by atoms with Crippen LogP contribution in [0.2, 0.25) is 0 Å². The van der Waals surface area contributed by atoms with Gasteiger partial charge in [-0.15, -0.1) is 0 Å². The van der Waals surface area contributed by atoms with Crippen molar-refractivity contribution in [2.24, 2.45) is 0 Å². The number of hydrogen-bond acceptors (Lipinski definition) is 5. The molecule has 0 unspecified atom stereocenters. The van der Waals surface area contributed by atoms with E-state index in [1.54, 1.807) is 46.0 Å². The standard InChI is InChI=1S/C28H33FN4O4/c1-5-36-23-11-9-21(10-12-23)31-26(34)24-18-30-33(22-8-6-7-20(29)17-22)25(24)19-13-15-32(16-14-19)27(35)37-28(2,3)4/h6-12,17-19H,5,13-16H2,1-4H3,(H,31,34). The van der Waals surface area contributed by atoms with Crippen molar-refractivity contribution in [3.8, 4) is 11.4 Å². The number of ether oxygens (including phenoxy) is 2. The van der Waals surface area contributed by atoms with Crippen molar-refractivity contribution in [1.82, 2.24) is 14.7 Å². The van der Waals surface area contributed by atoms with E-state index in [0.717, 1.165) is 5.75 Å². The lowest BCUT2D eigenvalue weighted by molar-refractivity contribution is 0.0203. The molecule has 0 atom stereocenters. The lowest BCUT2D eigenvalue weighted by atomic mass is 9.90. The van der Waals surface area contributed by atoms with Crippen molar-refractivity contribution < 1.29 is 23.5 Å². The number of nitrogens with one attached hydrogen (secondary N) is 1. The molecule has 0 saturated carbocycles. The maximum absolute atomic E-state index is 14.1. The van der Waals surface area contributed by atoms with Gasteiger partial charge in [0.1, 0.15) is 17.2 Å². The number of rotatable bonds is 6. The van der Waals surface area contributed by atoms with E-state index in [2.05, 4.69) is 10.4 Å². The molecule has 1 saturated heterocycles. The van der Waals surface area contributed by atoms with Gasteiger partial charge in [0.05, 0.1) is 29.7 Å². The molecule has 1 fully saturated rings. The summed E-state index contributed by atoms with van der Waals surface area (Å²) in [6.45, 7) is 8.94. The van der Waals surface area contributed by atoms with Crippen LogP contribution < -0.4 is 10.1 Å². The number of benzene rings is 2. The van der Waals surface area contributed by atoms with E-state index in [1.165, 1.54) is 18.3 Å². The molecule has 2 aromatic carbocycles. The number of aromatic nitrogens is 2. The van der Waals surface area contributed by atoms with Gasteiger partial charge >= 0.3 is 6.09 Å². The lowest BCUT2D eigenvalue weighted by Gasteiger charge is -2.34. The number of amides is 2. The molecule has 0 spiro atoms. The van der Waals surface area contributed by atoms with Crippen LogP contribution in [-0.4, -0.2) is 52.0 Å². The summed E-state index contributed by atoms with van der Waals surface area (Å²) in [5.74, 6) is -0.0436. The molecule has 0 bridgehead atoms. The smallest absolute Gasteiger partial charge is 0.410 e. The highest BCUT2D eigenvalue weighted by atomic mass is 19.1. The summed E-state index contributed by atoms with van der Waals surface area (Å²) < 4.78 is 26.7. The zero-order chi connectivity index (χ0) is 26.6. The van der Waals surface area contributed by atoms with E-state index in [0.29, 0.717) is 55.2 Å². The van der Waals surface area contributed by atoms with E-state index in [4.69, 9.17) is 9.47 Å². The first-order chi connectivity index (χ1) is 17.6. The molecule has 4 rings (SSSR count). The van der Waals surface area contributed by atoms with Crippen molar-refractivity contribution in [3.63, 3.8) is 0 Å². The van der Waals surface area contributed by atoms with Gasteiger partial charge in [0.15, 0.2) is 0 Å². The maximum atomic E-state index is 14.1. The van der Waals surface area contributed by atoms with Crippen LogP contribution in [0.25, 0.3) is 5.69 Å². The third kappa shape index (κ3) is 6.47.